The second kappa shape index (κ2) is 6.41. The fourth-order valence-electron chi connectivity index (χ4n) is 1.63. The number of aromatic nitrogens is 1. The topological polar surface area (TPSA) is 43.4 Å². The van der Waals surface area contributed by atoms with Crippen molar-refractivity contribution in [1.29, 1.82) is 0 Å². The molecule has 5 heteroatoms. The highest BCUT2D eigenvalue weighted by atomic mass is 35.5. The minimum atomic E-state index is 0.503. The smallest absolute Gasteiger partial charge is 0.219 e. The van der Waals surface area contributed by atoms with Gasteiger partial charge >= 0.3 is 0 Å². The first kappa shape index (κ1) is 13.6. The van der Waals surface area contributed by atoms with Crippen molar-refractivity contribution in [3.05, 3.63) is 47.1 Å². The third-order valence-electron chi connectivity index (χ3n) is 2.54. The van der Waals surface area contributed by atoms with E-state index in [2.05, 4.69) is 10.3 Å². The van der Waals surface area contributed by atoms with Gasteiger partial charge in [-0.05, 0) is 24.7 Å². The van der Waals surface area contributed by atoms with E-state index in [1.54, 1.807) is 19.4 Å². The van der Waals surface area contributed by atoms with Crippen molar-refractivity contribution in [1.82, 2.24) is 10.3 Å². The van der Waals surface area contributed by atoms with E-state index in [-0.39, 0.29) is 0 Å². The van der Waals surface area contributed by atoms with E-state index in [1.165, 1.54) is 0 Å². The maximum Gasteiger partial charge on any atom is 0.219 e. The first-order valence-corrected chi connectivity index (χ1v) is 6.21. The number of methoxy groups -OCH3 is 1. The van der Waals surface area contributed by atoms with E-state index in [0.29, 0.717) is 23.2 Å². The van der Waals surface area contributed by atoms with Crippen LogP contribution in [0.15, 0.2) is 36.5 Å². The second-order valence-electron chi connectivity index (χ2n) is 3.93. The molecule has 1 aromatic carbocycles. The molecule has 0 amide bonds. The summed E-state index contributed by atoms with van der Waals surface area (Å²) in [5.74, 6) is 1.91. The third-order valence-corrected chi connectivity index (χ3v) is 2.88. The number of hydrogen-bond acceptors (Lipinski definition) is 4. The predicted molar refractivity (Wildman–Crippen MR) is 75.1 cm³/mol. The summed E-state index contributed by atoms with van der Waals surface area (Å²) in [7, 11) is 3.48. The normalized spacial score (nSPS) is 10.3. The highest BCUT2D eigenvalue weighted by Crippen LogP contribution is 2.26. The minimum Gasteiger partial charge on any atom is -0.497 e. The van der Waals surface area contributed by atoms with Crippen molar-refractivity contribution in [3.63, 3.8) is 0 Å². The van der Waals surface area contributed by atoms with Crippen molar-refractivity contribution < 1.29 is 9.47 Å². The number of nitrogens with one attached hydrogen (secondary N) is 1. The van der Waals surface area contributed by atoms with Crippen molar-refractivity contribution in [2.24, 2.45) is 0 Å². The lowest BCUT2D eigenvalue weighted by atomic mass is 10.2. The molecule has 0 spiro atoms. The van der Waals surface area contributed by atoms with Crippen LogP contribution in [0, 0.1) is 0 Å². The highest BCUT2D eigenvalue weighted by Gasteiger charge is 2.05. The Balaban J connectivity index is 2.20. The van der Waals surface area contributed by atoms with Crippen LogP contribution in [0.3, 0.4) is 0 Å². The van der Waals surface area contributed by atoms with Crippen LogP contribution in [0.5, 0.6) is 17.4 Å². The van der Waals surface area contributed by atoms with Gasteiger partial charge < -0.3 is 14.8 Å². The molecular weight excluding hydrogens is 264 g/mol. The zero-order chi connectivity index (χ0) is 13.7. The maximum absolute atomic E-state index is 6.05. The van der Waals surface area contributed by atoms with Crippen LogP contribution in [0.25, 0.3) is 0 Å². The summed E-state index contributed by atoms with van der Waals surface area (Å²) >= 11 is 6.05. The molecule has 0 radical (unpaired) electrons. The van der Waals surface area contributed by atoms with Crippen molar-refractivity contribution in [3.8, 4) is 17.4 Å². The first-order valence-electron chi connectivity index (χ1n) is 5.84. The molecule has 0 atom stereocenters. The number of halogens is 1. The van der Waals surface area contributed by atoms with Gasteiger partial charge in [0.1, 0.15) is 11.5 Å². The van der Waals surface area contributed by atoms with Crippen LogP contribution in [-0.4, -0.2) is 19.1 Å². The number of hydrogen-bond donors (Lipinski definition) is 1. The zero-order valence-corrected chi connectivity index (χ0v) is 11.6. The molecule has 1 aromatic heterocycles. The fraction of sp³-hybridized carbons (Fsp3) is 0.214. The molecule has 100 valence electrons. The molecule has 0 saturated carbocycles. The van der Waals surface area contributed by atoms with Crippen LogP contribution in [0.2, 0.25) is 5.02 Å². The van der Waals surface area contributed by atoms with Gasteiger partial charge in [-0.1, -0.05) is 17.7 Å². The van der Waals surface area contributed by atoms with Crippen LogP contribution < -0.4 is 14.8 Å². The average molecular weight is 279 g/mol. The summed E-state index contributed by atoms with van der Waals surface area (Å²) in [6.07, 6.45) is 1.59. The Labute approximate surface area is 117 Å². The Hall–Kier alpha value is -1.78. The van der Waals surface area contributed by atoms with Crippen LogP contribution >= 0.6 is 11.6 Å². The van der Waals surface area contributed by atoms with Gasteiger partial charge in [-0.15, -0.1) is 0 Å². The Kier molecular flexibility index (Phi) is 4.60. The van der Waals surface area contributed by atoms with Gasteiger partial charge in [0.25, 0.3) is 0 Å². The lowest BCUT2D eigenvalue weighted by Crippen LogP contribution is -2.06. The molecule has 0 unspecified atom stereocenters. The Bertz CT molecular complexity index is 561. The molecule has 0 aliphatic carbocycles. The summed E-state index contributed by atoms with van der Waals surface area (Å²) in [5.41, 5.74) is 0.942. The summed E-state index contributed by atoms with van der Waals surface area (Å²) in [6.45, 7) is 0.663. The Morgan fingerprint density at radius 1 is 1.26 bits per heavy atom. The molecule has 2 rings (SSSR count). The van der Waals surface area contributed by atoms with Crippen molar-refractivity contribution in [2.75, 3.05) is 14.2 Å². The largest absolute Gasteiger partial charge is 0.497 e. The number of pyridine rings is 1. The molecular formula is C14H15ClN2O2. The summed E-state index contributed by atoms with van der Waals surface area (Å²) in [5, 5.41) is 3.66. The third kappa shape index (κ3) is 3.59. The molecule has 1 N–H and O–H groups in total. The van der Waals surface area contributed by atoms with Crippen LogP contribution in [0.1, 0.15) is 5.56 Å². The molecule has 0 aliphatic rings. The molecule has 4 nitrogen and oxygen atoms in total. The van der Waals surface area contributed by atoms with Gasteiger partial charge in [-0.2, -0.15) is 0 Å². The van der Waals surface area contributed by atoms with Gasteiger partial charge in [0, 0.05) is 24.9 Å². The molecule has 0 aliphatic heterocycles. The first-order chi connectivity index (χ1) is 9.22. The lowest BCUT2D eigenvalue weighted by Gasteiger charge is -2.09. The van der Waals surface area contributed by atoms with Crippen molar-refractivity contribution >= 4 is 11.6 Å². The van der Waals surface area contributed by atoms with Gasteiger partial charge in [-0.3, -0.25) is 0 Å². The molecule has 0 bridgehead atoms. The standard InChI is InChI=1S/C14H15ClN2O2/c1-16-8-10-6-14(17-9-13(10)15)19-12-5-3-4-11(7-12)18-2/h3-7,9,16H,8H2,1-2H3. The monoisotopic (exact) mass is 278 g/mol. The van der Waals surface area contributed by atoms with Gasteiger partial charge in [0.15, 0.2) is 0 Å². The molecule has 0 saturated heterocycles. The van der Waals surface area contributed by atoms with E-state index in [4.69, 9.17) is 21.1 Å². The number of benzene rings is 1. The quantitative estimate of drug-likeness (QED) is 0.912. The van der Waals surface area contributed by atoms with E-state index in [0.717, 1.165) is 11.3 Å². The summed E-state index contributed by atoms with van der Waals surface area (Å²) in [6, 6.07) is 9.18. The second-order valence-corrected chi connectivity index (χ2v) is 4.33. The van der Waals surface area contributed by atoms with Gasteiger partial charge in [0.2, 0.25) is 5.88 Å². The minimum absolute atomic E-state index is 0.503. The predicted octanol–water partition coefficient (Wildman–Crippen LogP) is 3.26. The zero-order valence-electron chi connectivity index (χ0n) is 10.8. The Morgan fingerprint density at radius 3 is 2.79 bits per heavy atom. The van der Waals surface area contributed by atoms with E-state index in [1.807, 2.05) is 31.3 Å². The van der Waals surface area contributed by atoms with Gasteiger partial charge in [0.05, 0.1) is 12.1 Å². The van der Waals surface area contributed by atoms with Crippen molar-refractivity contribution in [2.45, 2.75) is 6.54 Å². The molecule has 2 aromatic rings. The number of nitrogens with zero attached hydrogens (tertiary/aromatic N) is 1. The molecule has 1 heterocycles. The van der Waals surface area contributed by atoms with Crippen LogP contribution in [-0.2, 0) is 6.54 Å². The highest BCUT2D eigenvalue weighted by molar-refractivity contribution is 6.31. The number of rotatable bonds is 5. The Morgan fingerprint density at radius 2 is 2.05 bits per heavy atom. The van der Waals surface area contributed by atoms with Gasteiger partial charge in [-0.25, -0.2) is 4.98 Å². The van der Waals surface area contributed by atoms with E-state index in [9.17, 15) is 0 Å². The fourth-order valence-corrected chi connectivity index (χ4v) is 1.80. The molecule has 0 fully saturated rings. The van der Waals surface area contributed by atoms with E-state index >= 15 is 0 Å². The molecule has 19 heavy (non-hydrogen) atoms. The van der Waals surface area contributed by atoms with Crippen LogP contribution in [0.4, 0.5) is 0 Å². The summed E-state index contributed by atoms with van der Waals surface area (Å²) < 4.78 is 10.8. The number of ether oxygens (including phenoxy) is 2. The van der Waals surface area contributed by atoms with E-state index < -0.39 is 0 Å². The lowest BCUT2D eigenvalue weighted by molar-refractivity contribution is 0.407. The maximum atomic E-state index is 6.05. The summed E-state index contributed by atoms with van der Waals surface area (Å²) in [4.78, 5) is 4.15. The SMILES string of the molecule is CNCc1cc(Oc2cccc(OC)c2)ncc1Cl. The average Bonchev–Trinajstić information content (AvgIpc) is 2.43.